The van der Waals surface area contributed by atoms with Crippen LogP contribution in [0.5, 0.6) is 5.75 Å². The van der Waals surface area contributed by atoms with Gasteiger partial charge in [0.2, 0.25) is 11.8 Å². The van der Waals surface area contributed by atoms with Crippen LogP contribution in [0.25, 0.3) is 0 Å². The van der Waals surface area contributed by atoms with Crippen molar-refractivity contribution in [1.82, 2.24) is 15.5 Å². The van der Waals surface area contributed by atoms with Crippen LogP contribution in [0.4, 0.5) is 4.39 Å². The van der Waals surface area contributed by atoms with Gasteiger partial charge in [-0.15, -0.1) is 0 Å². The lowest BCUT2D eigenvalue weighted by Crippen LogP contribution is -2.48. The van der Waals surface area contributed by atoms with Crippen LogP contribution in [0, 0.1) is 11.7 Å². The molecule has 7 nitrogen and oxygen atoms in total. The van der Waals surface area contributed by atoms with Gasteiger partial charge in [-0.3, -0.25) is 9.59 Å². The number of halogens is 1. The highest BCUT2D eigenvalue weighted by Crippen LogP contribution is 2.22. The number of amides is 2. The van der Waals surface area contributed by atoms with Crippen LogP contribution in [-0.2, 0) is 29.0 Å². The van der Waals surface area contributed by atoms with E-state index >= 15 is 0 Å². The van der Waals surface area contributed by atoms with E-state index in [-0.39, 0.29) is 37.1 Å². The zero-order chi connectivity index (χ0) is 30.3. The smallest absolute Gasteiger partial charge is 0.222 e. The molecule has 0 saturated heterocycles. The third kappa shape index (κ3) is 11.4. The molecule has 3 N–H and O–H groups in total. The molecule has 2 aromatic rings. The fourth-order valence-corrected chi connectivity index (χ4v) is 5.57. The van der Waals surface area contributed by atoms with E-state index in [0.29, 0.717) is 50.4 Å². The van der Waals surface area contributed by atoms with Crippen molar-refractivity contribution in [2.75, 3.05) is 26.2 Å². The maximum Gasteiger partial charge on any atom is 0.222 e. The van der Waals surface area contributed by atoms with Gasteiger partial charge in [0.05, 0.1) is 18.8 Å². The third-order valence-electron chi connectivity index (χ3n) is 7.91. The molecular weight excluding hydrogens is 533 g/mol. The Hall–Kier alpha value is -2.97. The SMILES string of the molecule is CCCC1CCN(CCC)C(=O)CCCC(=O)NC(C(O)CNCc2cccc(CC)c2)Cc2cc(F)cc(c2)OC1. The number of ether oxygens (including phenoxy) is 1. The lowest BCUT2D eigenvalue weighted by atomic mass is 9.99. The summed E-state index contributed by atoms with van der Waals surface area (Å²) in [6.45, 7) is 8.90. The summed E-state index contributed by atoms with van der Waals surface area (Å²) in [4.78, 5) is 27.9. The fourth-order valence-electron chi connectivity index (χ4n) is 5.57. The molecule has 0 aliphatic carbocycles. The first-order valence-electron chi connectivity index (χ1n) is 15.8. The molecule has 1 aliphatic heterocycles. The van der Waals surface area contributed by atoms with Crippen molar-refractivity contribution in [3.05, 3.63) is 65.0 Å². The first kappa shape index (κ1) is 33.5. The Morgan fingerprint density at radius 3 is 2.67 bits per heavy atom. The number of carbonyl (C=O) groups excluding carboxylic acids is 2. The van der Waals surface area contributed by atoms with Gasteiger partial charge in [-0.25, -0.2) is 4.39 Å². The summed E-state index contributed by atoms with van der Waals surface area (Å²) in [5, 5.41) is 17.4. The minimum absolute atomic E-state index is 0.0618. The Balaban J connectivity index is 1.77. The van der Waals surface area contributed by atoms with Crippen LogP contribution in [0.1, 0.15) is 82.4 Å². The number of aryl methyl sites for hydroxylation is 1. The average Bonchev–Trinajstić information content (AvgIpc) is 2.96. The fraction of sp³-hybridized carbons (Fsp3) is 0.588. The first-order chi connectivity index (χ1) is 20.3. The molecule has 0 saturated carbocycles. The normalized spacial score (nSPS) is 20.0. The molecule has 1 heterocycles. The van der Waals surface area contributed by atoms with E-state index in [1.165, 1.54) is 17.7 Å². The van der Waals surface area contributed by atoms with Crippen LogP contribution in [-0.4, -0.2) is 60.2 Å². The molecule has 0 fully saturated rings. The number of aliphatic hydroxyl groups is 1. The maximum absolute atomic E-state index is 14.7. The predicted octanol–water partition coefficient (Wildman–Crippen LogP) is 5.17. The van der Waals surface area contributed by atoms with E-state index in [2.05, 4.69) is 43.5 Å². The van der Waals surface area contributed by atoms with Gasteiger partial charge in [0.25, 0.3) is 0 Å². The average molecular weight is 584 g/mol. The topological polar surface area (TPSA) is 90.9 Å². The lowest BCUT2D eigenvalue weighted by molar-refractivity contribution is -0.131. The molecule has 42 heavy (non-hydrogen) atoms. The van der Waals surface area contributed by atoms with Crippen molar-refractivity contribution >= 4 is 11.8 Å². The van der Waals surface area contributed by atoms with E-state index in [1.807, 2.05) is 17.0 Å². The van der Waals surface area contributed by atoms with Crippen molar-refractivity contribution in [3.63, 3.8) is 0 Å². The van der Waals surface area contributed by atoms with Crippen molar-refractivity contribution < 1.29 is 23.8 Å². The van der Waals surface area contributed by atoms with Gasteiger partial charge >= 0.3 is 0 Å². The van der Waals surface area contributed by atoms with Gasteiger partial charge in [-0.2, -0.15) is 0 Å². The number of hydrogen-bond donors (Lipinski definition) is 3. The molecule has 0 spiro atoms. The second kappa shape index (κ2) is 17.9. The van der Waals surface area contributed by atoms with Gasteiger partial charge in [0.1, 0.15) is 11.6 Å². The molecule has 3 rings (SSSR count). The molecule has 2 aromatic carbocycles. The number of fused-ring (bicyclic) bond motifs is 2. The van der Waals surface area contributed by atoms with Crippen LogP contribution >= 0.6 is 0 Å². The first-order valence-corrected chi connectivity index (χ1v) is 15.8. The largest absolute Gasteiger partial charge is 0.493 e. The zero-order valence-electron chi connectivity index (χ0n) is 25.7. The number of nitrogens with one attached hydrogen (secondary N) is 2. The Morgan fingerprint density at radius 1 is 1.10 bits per heavy atom. The van der Waals surface area contributed by atoms with Crippen LogP contribution in [0.3, 0.4) is 0 Å². The maximum atomic E-state index is 14.7. The Labute approximate surface area is 251 Å². The Morgan fingerprint density at radius 2 is 1.90 bits per heavy atom. The van der Waals surface area contributed by atoms with Gasteiger partial charge in [-0.1, -0.05) is 51.5 Å². The molecule has 0 aromatic heterocycles. The summed E-state index contributed by atoms with van der Waals surface area (Å²) < 4.78 is 20.8. The van der Waals surface area contributed by atoms with Crippen LogP contribution in [0.2, 0.25) is 0 Å². The molecule has 3 unspecified atom stereocenters. The molecular formula is C34H50FN3O4. The number of benzene rings is 2. The minimum atomic E-state index is -0.909. The highest BCUT2D eigenvalue weighted by atomic mass is 19.1. The summed E-state index contributed by atoms with van der Waals surface area (Å²) in [5.41, 5.74) is 3.01. The highest BCUT2D eigenvalue weighted by molar-refractivity contribution is 5.79. The van der Waals surface area contributed by atoms with Gasteiger partial charge in [-0.05, 0) is 73.3 Å². The second-order valence-electron chi connectivity index (χ2n) is 11.5. The zero-order valence-corrected chi connectivity index (χ0v) is 25.7. The van der Waals surface area contributed by atoms with Gasteiger partial charge in [0, 0.05) is 45.1 Å². The van der Waals surface area contributed by atoms with Crippen molar-refractivity contribution in [1.29, 1.82) is 0 Å². The number of hydrogen-bond acceptors (Lipinski definition) is 5. The minimum Gasteiger partial charge on any atom is -0.493 e. The highest BCUT2D eigenvalue weighted by Gasteiger charge is 2.24. The quantitative estimate of drug-likeness (QED) is 0.359. The Kier molecular flexibility index (Phi) is 14.3. The standard InChI is InChI=1S/C34H50FN3O4/c1-4-9-26-14-16-38(15-5-2)34(41)13-8-12-33(40)37-31(20-28-18-29(35)21-30(19-28)42-24-26)32(39)23-36-22-27-11-7-10-25(6-3)17-27/h7,10-11,17-19,21,26,31-32,36,39H,4-6,8-9,12-16,20,22-24H2,1-3H3,(H,37,40). The van der Waals surface area contributed by atoms with Crippen LogP contribution in [0.15, 0.2) is 42.5 Å². The van der Waals surface area contributed by atoms with Gasteiger partial charge in [0.15, 0.2) is 0 Å². The Bertz CT molecular complexity index is 1130. The van der Waals surface area contributed by atoms with Crippen LogP contribution < -0.4 is 15.4 Å². The van der Waals surface area contributed by atoms with E-state index < -0.39 is 18.0 Å². The van der Waals surface area contributed by atoms with E-state index in [0.717, 1.165) is 37.7 Å². The second-order valence-corrected chi connectivity index (χ2v) is 11.5. The van der Waals surface area contributed by atoms with Crippen molar-refractivity contribution in [2.24, 2.45) is 5.92 Å². The molecule has 0 radical (unpaired) electrons. The van der Waals surface area contributed by atoms with E-state index in [1.54, 1.807) is 6.07 Å². The molecule has 1 aliphatic rings. The predicted molar refractivity (Wildman–Crippen MR) is 165 cm³/mol. The third-order valence-corrected chi connectivity index (χ3v) is 7.91. The summed E-state index contributed by atoms with van der Waals surface area (Å²) in [6, 6.07) is 12.3. The summed E-state index contributed by atoms with van der Waals surface area (Å²) >= 11 is 0. The summed E-state index contributed by atoms with van der Waals surface area (Å²) in [6.07, 6.45) is 4.84. The summed E-state index contributed by atoms with van der Waals surface area (Å²) in [5.74, 6) is 0.0917. The number of nitrogens with zero attached hydrogens (tertiary/aromatic N) is 1. The molecule has 2 bridgehead atoms. The van der Waals surface area contributed by atoms with Crippen molar-refractivity contribution in [2.45, 2.75) is 97.2 Å². The number of aliphatic hydroxyl groups excluding tert-OH is 1. The number of carbonyl (C=O) groups is 2. The van der Waals surface area contributed by atoms with Gasteiger partial charge < -0.3 is 25.4 Å². The summed E-state index contributed by atoms with van der Waals surface area (Å²) in [7, 11) is 0. The monoisotopic (exact) mass is 583 g/mol. The number of rotatable bonds is 10. The van der Waals surface area contributed by atoms with E-state index in [9.17, 15) is 19.1 Å². The lowest BCUT2D eigenvalue weighted by Gasteiger charge is -2.25. The molecule has 232 valence electrons. The molecule has 3 atom stereocenters. The van der Waals surface area contributed by atoms with E-state index in [4.69, 9.17) is 4.74 Å². The molecule has 8 heteroatoms. The van der Waals surface area contributed by atoms with Crippen molar-refractivity contribution in [3.8, 4) is 5.75 Å². The molecule has 2 amide bonds.